The van der Waals surface area contributed by atoms with Gasteiger partial charge in [-0.2, -0.15) is 0 Å². The first-order valence-corrected chi connectivity index (χ1v) is 7.28. The maximum absolute atomic E-state index is 12.2. The Morgan fingerprint density at radius 2 is 2.00 bits per heavy atom. The lowest BCUT2D eigenvalue weighted by atomic mass is 10.0. The molecule has 1 heterocycles. The zero-order valence-corrected chi connectivity index (χ0v) is 13.1. The molecule has 20 heavy (non-hydrogen) atoms. The van der Waals surface area contributed by atoms with Crippen LogP contribution in [0.4, 0.5) is 0 Å². The van der Waals surface area contributed by atoms with Gasteiger partial charge in [0.2, 0.25) is 0 Å². The lowest BCUT2D eigenvalue weighted by Gasteiger charge is -2.21. The number of aromatic nitrogens is 1. The van der Waals surface area contributed by atoms with Crippen molar-refractivity contribution in [3.8, 4) is 0 Å². The molecule has 1 unspecified atom stereocenters. The van der Waals surface area contributed by atoms with Crippen LogP contribution in [0.2, 0.25) is 0 Å². The number of hydrogen-bond acceptors (Lipinski definition) is 3. The average Bonchev–Trinajstić information content (AvgIpc) is 2.36. The van der Waals surface area contributed by atoms with Gasteiger partial charge in [0, 0.05) is 12.3 Å². The molecule has 112 valence electrons. The van der Waals surface area contributed by atoms with E-state index in [9.17, 15) is 9.59 Å². The average molecular weight is 279 g/mol. The number of pyridine rings is 1. The molecule has 0 aliphatic carbocycles. The summed E-state index contributed by atoms with van der Waals surface area (Å²) in [7, 11) is 0. The Bertz CT molecular complexity index is 517. The molecule has 0 spiro atoms. The zero-order valence-electron chi connectivity index (χ0n) is 13.1. The van der Waals surface area contributed by atoms with E-state index in [1.54, 1.807) is 13.0 Å². The first kappa shape index (κ1) is 16.5. The molecule has 4 heteroatoms. The van der Waals surface area contributed by atoms with Crippen molar-refractivity contribution in [1.29, 1.82) is 0 Å². The summed E-state index contributed by atoms with van der Waals surface area (Å²) < 4.78 is 6.65. The predicted octanol–water partition coefficient (Wildman–Crippen LogP) is 2.87. The van der Waals surface area contributed by atoms with Crippen molar-refractivity contribution in [2.75, 3.05) is 6.61 Å². The van der Waals surface area contributed by atoms with Gasteiger partial charge in [-0.1, -0.05) is 20.8 Å². The Morgan fingerprint density at radius 3 is 2.50 bits per heavy atom. The lowest BCUT2D eigenvalue weighted by molar-refractivity contribution is -0.147. The number of nitrogens with zero attached hydrogens (tertiary/aromatic N) is 1. The van der Waals surface area contributed by atoms with E-state index in [1.807, 2.05) is 33.9 Å². The second-order valence-corrected chi connectivity index (χ2v) is 5.48. The summed E-state index contributed by atoms with van der Waals surface area (Å²) in [6.45, 7) is 10.1. The third-order valence-corrected chi connectivity index (χ3v) is 3.37. The molecule has 1 aromatic heterocycles. The van der Waals surface area contributed by atoms with E-state index in [1.165, 1.54) is 4.57 Å². The molecule has 0 fully saturated rings. The van der Waals surface area contributed by atoms with E-state index < -0.39 is 6.04 Å². The van der Waals surface area contributed by atoms with Gasteiger partial charge in [-0.3, -0.25) is 4.79 Å². The van der Waals surface area contributed by atoms with Crippen molar-refractivity contribution in [1.82, 2.24) is 4.57 Å². The molecule has 1 aromatic rings. The van der Waals surface area contributed by atoms with Crippen LogP contribution in [-0.4, -0.2) is 17.1 Å². The van der Waals surface area contributed by atoms with Gasteiger partial charge in [-0.05, 0) is 43.7 Å². The second-order valence-electron chi connectivity index (χ2n) is 5.48. The maximum Gasteiger partial charge on any atom is 0.329 e. The molecule has 0 radical (unpaired) electrons. The number of esters is 1. The van der Waals surface area contributed by atoms with E-state index in [4.69, 9.17) is 4.74 Å². The fourth-order valence-corrected chi connectivity index (χ4v) is 2.31. The molecule has 0 saturated carbocycles. The molecule has 1 atom stereocenters. The smallest absolute Gasteiger partial charge is 0.329 e. The van der Waals surface area contributed by atoms with Gasteiger partial charge >= 0.3 is 5.97 Å². The van der Waals surface area contributed by atoms with E-state index >= 15 is 0 Å². The molecular formula is C16H25NO3. The molecule has 1 rings (SSSR count). The molecule has 0 bridgehead atoms. The van der Waals surface area contributed by atoms with Crippen LogP contribution in [0.25, 0.3) is 0 Å². The highest BCUT2D eigenvalue weighted by Gasteiger charge is 2.24. The summed E-state index contributed by atoms with van der Waals surface area (Å²) in [4.78, 5) is 24.3. The molecule has 4 nitrogen and oxygen atoms in total. The number of rotatable bonds is 6. The van der Waals surface area contributed by atoms with Gasteiger partial charge in [-0.15, -0.1) is 0 Å². The van der Waals surface area contributed by atoms with E-state index in [2.05, 4.69) is 0 Å². The molecular weight excluding hydrogens is 254 g/mol. The Balaban J connectivity index is 3.25. The summed E-state index contributed by atoms with van der Waals surface area (Å²) in [5, 5.41) is 0. The van der Waals surface area contributed by atoms with Crippen molar-refractivity contribution in [3.05, 3.63) is 33.7 Å². The fraction of sp³-hybridized carbons (Fsp3) is 0.625. The van der Waals surface area contributed by atoms with Gasteiger partial charge < -0.3 is 9.30 Å². The van der Waals surface area contributed by atoms with Crippen LogP contribution in [-0.2, 0) is 16.0 Å². The van der Waals surface area contributed by atoms with Crippen LogP contribution in [0.3, 0.4) is 0 Å². The summed E-state index contributed by atoms with van der Waals surface area (Å²) >= 11 is 0. The first-order valence-electron chi connectivity index (χ1n) is 7.28. The largest absolute Gasteiger partial charge is 0.464 e. The Morgan fingerprint density at radius 1 is 1.35 bits per heavy atom. The Hall–Kier alpha value is -1.58. The van der Waals surface area contributed by atoms with Crippen LogP contribution < -0.4 is 5.56 Å². The van der Waals surface area contributed by atoms with Gasteiger partial charge in [0.15, 0.2) is 0 Å². The topological polar surface area (TPSA) is 48.3 Å². The maximum atomic E-state index is 12.2. The molecule has 0 amide bonds. The minimum Gasteiger partial charge on any atom is -0.464 e. The lowest BCUT2D eigenvalue weighted by Crippen LogP contribution is -2.32. The van der Waals surface area contributed by atoms with Crippen LogP contribution >= 0.6 is 0 Å². The van der Waals surface area contributed by atoms with E-state index in [0.717, 1.165) is 17.5 Å². The fourth-order valence-electron chi connectivity index (χ4n) is 2.31. The summed E-state index contributed by atoms with van der Waals surface area (Å²) in [6.07, 6.45) is 3.25. The first-order chi connectivity index (χ1) is 9.40. The Labute approximate surface area is 120 Å². The third kappa shape index (κ3) is 3.95. The number of ether oxygens (including phenoxy) is 1. The molecule has 0 aliphatic rings. The van der Waals surface area contributed by atoms with Gasteiger partial charge in [0.25, 0.3) is 5.56 Å². The van der Waals surface area contributed by atoms with Crippen molar-refractivity contribution < 1.29 is 9.53 Å². The van der Waals surface area contributed by atoms with Crippen LogP contribution in [0.15, 0.2) is 17.1 Å². The minimum atomic E-state index is -0.534. The summed E-state index contributed by atoms with van der Waals surface area (Å²) in [5.74, 6) is -0.0168. The Kier molecular flexibility index (Phi) is 5.99. The number of carbonyl (C=O) groups excluding carboxylic acids is 1. The predicted molar refractivity (Wildman–Crippen MR) is 79.9 cm³/mol. The van der Waals surface area contributed by atoms with Crippen molar-refractivity contribution >= 4 is 5.97 Å². The number of carbonyl (C=O) groups is 1. The van der Waals surface area contributed by atoms with Gasteiger partial charge in [0.1, 0.15) is 6.04 Å². The van der Waals surface area contributed by atoms with Gasteiger partial charge in [-0.25, -0.2) is 4.79 Å². The third-order valence-electron chi connectivity index (χ3n) is 3.37. The quantitative estimate of drug-likeness (QED) is 0.752. The summed E-state index contributed by atoms with van der Waals surface area (Å²) in [6, 6.07) is 1.07. The monoisotopic (exact) mass is 279 g/mol. The number of hydrogen-bond donors (Lipinski definition) is 0. The SMILES string of the molecule is CCOC(=O)C(CC(C)C)n1cc(CC)c(C)cc1=O. The highest BCUT2D eigenvalue weighted by Crippen LogP contribution is 2.19. The van der Waals surface area contributed by atoms with Crippen LogP contribution in [0.1, 0.15) is 51.3 Å². The van der Waals surface area contributed by atoms with Gasteiger partial charge in [0.05, 0.1) is 6.61 Å². The zero-order chi connectivity index (χ0) is 15.3. The van der Waals surface area contributed by atoms with E-state index in [-0.39, 0.29) is 11.5 Å². The molecule has 0 N–H and O–H groups in total. The minimum absolute atomic E-state index is 0.140. The molecule has 0 aromatic carbocycles. The summed E-state index contributed by atoms with van der Waals surface area (Å²) in [5.41, 5.74) is 1.92. The van der Waals surface area contributed by atoms with Crippen LogP contribution in [0, 0.1) is 12.8 Å². The van der Waals surface area contributed by atoms with Crippen molar-refractivity contribution in [3.63, 3.8) is 0 Å². The van der Waals surface area contributed by atoms with Crippen LogP contribution in [0.5, 0.6) is 0 Å². The molecule has 0 saturated heterocycles. The van der Waals surface area contributed by atoms with E-state index in [0.29, 0.717) is 18.9 Å². The normalized spacial score (nSPS) is 12.5. The second kappa shape index (κ2) is 7.27. The number of aryl methyl sites for hydroxylation is 2. The molecule has 0 aliphatic heterocycles. The highest BCUT2D eigenvalue weighted by molar-refractivity contribution is 5.74. The highest BCUT2D eigenvalue weighted by atomic mass is 16.5. The van der Waals surface area contributed by atoms with Crippen molar-refractivity contribution in [2.24, 2.45) is 5.92 Å². The standard InChI is InChI=1S/C16H25NO3/c1-6-13-10-17(15(18)9-12(13)5)14(8-11(3)4)16(19)20-7-2/h9-11,14H,6-8H2,1-5H3. The van der Waals surface area contributed by atoms with Crippen molar-refractivity contribution in [2.45, 2.75) is 53.5 Å².